The van der Waals surface area contributed by atoms with Crippen molar-refractivity contribution in [2.75, 3.05) is 12.0 Å². The number of hydrogen-bond donors (Lipinski definition) is 1. The van der Waals surface area contributed by atoms with Crippen molar-refractivity contribution in [2.24, 2.45) is 0 Å². The molecule has 0 unspecified atom stereocenters. The number of thioether (sulfide) groups is 1. The lowest BCUT2D eigenvalue weighted by molar-refractivity contribution is 0.569. The van der Waals surface area contributed by atoms with Crippen molar-refractivity contribution in [3.63, 3.8) is 0 Å². The molecule has 0 aliphatic carbocycles. The van der Waals surface area contributed by atoms with E-state index in [-0.39, 0.29) is 11.2 Å². The summed E-state index contributed by atoms with van der Waals surface area (Å²) in [6.07, 6.45) is 2.02. The van der Waals surface area contributed by atoms with Crippen LogP contribution in [-0.4, -0.2) is 16.2 Å². The van der Waals surface area contributed by atoms with Crippen LogP contribution < -0.4 is 11.4 Å². The van der Waals surface area contributed by atoms with Crippen LogP contribution >= 0.6 is 11.8 Å². The third-order valence-electron chi connectivity index (χ3n) is 3.83. The molecule has 0 saturated carbocycles. The number of benzene rings is 2. The summed E-state index contributed by atoms with van der Waals surface area (Å²) in [6.45, 7) is 0. The van der Waals surface area contributed by atoms with Crippen LogP contribution in [0.5, 0.6) is 0 Å². The molecule has 0 saturated heterocycles. The molecule has 0 aliphatic rings. The maximum absolute atomic E-state index is 12.2. The Balaban J connectivity index is 2.05. The molecule has 4 aromatic rings. The molecule has 0 atom stereocenters. The van der Waals surface area contributed by atoms with E-state index < -0.39 is 5.63 Å². The quantitative estimate of drug-likeness (QED) is 0.342. The fourth-order valence-corrected chi connectivity index (χ4v) is 3.05. The second kappa shape index (κ2) is 5.65. The van der Waals surface area contributed by atoms with E-state index in [9.17, 15) is 4.79 Å². The second-order valence-electron chi connectivity index (χ2n) is 5.27. The number of para-hydroxylation sites is 1. The van der Waals surface area contributed by atoms with Gasteiger partial charge in [0, 0.05) is 15.8 Å². The highest BCUT2D eigenvalue weighted by Gasteiger charge is 2.15. The number of nitrogen functional groups attached to an aromatic ring is 1. The van der Waals surface area contributed by atoms with Gasteiger partial charge < -0.3 is 10.2 Å². The van der Waals surface area contributed by atoms with E-state index in [1.165, 1.54) is 0 Å². The van der Waals surface area contributed by atoms with Gasteiger partial charge in [-0.05, 0) is 30.5 Å². The first-order valence-electron chi connectivity index (χ1n) is 7.31. The highest BCUT2D eigenvalue weighted by molar-refractivity contribution is 7.98. The van der Waals surface area contributed by atoms with Gasteiger partial charge in [-0.1, -0.05) is 24.3 Å². The molecule has 24 heavy (non-hydrogen) atoms. The first-order chi connectivity index (χ1) is 11.7. The maximum Gasteiger partial charge on any atom is 0.349 e. The molecular formula is C18H13N3O2S. The number of fused-ring (bicyclic) bond motifs is 3. The SMILES string of the molecule is CSc1ccc(-c2nc(N)c3c(=O)oc4ccccc4c3n2)cc1. The zero-order chi connectivity index (χ0) is 16.7. The Hall–Kier alpha value is -2.86. The summed E-state index contributed by atoms with van der Waals surface area (Å²) in [5.41, 5.74) is 7.35. The number of hydrogen-bond acceptors (Lipinski definition) is 6. The summed E-state index contributed by atoms with van der Waals surface area (Å²) < 4.78 is 5.31. The highest BCUT2D eigenvalue weighted by atomic mass is 32.2. The van der Waals surface area contributed by atoms with Crippen LogP contribution in [0.2, 0.25) is 0 Å². The van der Waals surface area contributed by atoms with E-state index >= 15 is 0 Å². The van der Waals surface area contributed by atoms with Crippen molar-refractivity contribution in [2.45, 2.75) is 4.90 Å². The minimum atomic E-state index is -0.523. The van der Waals surface area contributed by atoms with Gasteiger partial charge in [0.05, 0.1) is 5.52 Å². The van der Waals surface area contributed by atoms with Crippen molar-refractivity contribution >= 4 is 39.5 Å². The lowest BCUT2D eigenvalue weighted by Gasteiger charge is -2.07. The van der Waals surface area contributed by atoms with Gasteiger partial charge in [-0.25, -0.2) is 14.8 Å². The van der Waals surface area contributed by atoms with E-state index in [2.05, 4.69) is 9.97 Å². The molecule has 2 aromatic carbocycles. The molecule has 118 valence electrons. The van der Waals surface area contributed by atoms with Crippen molar-refractivity contribution in [1.82, 2.24) is 9.97 Å². The Morgan fingerprint density at radius 2 is 1.79 bits per heavy atom. The fourth-order valence-electron chi connectivity index (χ4n) is 2.65. The first kappa shape index (κ1) is 14.7. The Bertz CT molecular complexity index is 1120. The normalized spacial score (nSPS) is 11.2. The van der Waals surface area contributed by atoms with E-state index in [0.29, 0.717) is 16.9 Å². The third kappa shape index (κ3) is 2.32. The van der Waals surface area contributed by atoms with Gasteiger partial charge in [0.2, 0.25) is 0 Å². The largest absolute Gasteiger partial charge is 0.422 e. The van der Waals surface area contributed by atoms with Crippen LogP contribution in [0, 0.1) is 0 Å². The molecule has 5 nitrogen and oxygen atoms in total. The molecule has 6 heteroatoms. The van der Waals surface area contributed by atoms with Crippen LogP contribution in [-0.2, 0) is 0 Å². The average Bonchev–Trinajstić information content (AvgIpc) is 2.61. The topological polar surface area (TPSA) is 82.0 Å². The lowest BCUT2D eigenvalue weighted by atomic mass is 10.1. The van der Waals surface area contributed by atoms with Gasteiger partial charge in [0.25, 0.3) is 0 Å². The van der Waals surface area contributed by atoms with Crippen molar-refractivity contribution in [3.8, 4) is 11.4 Å². The van der Waals surface area contributed by atoms with Crippen LogP contribution in [0.3, 0.4) is 0 Å². The molecule has 0 spiro atoms. The minimum absolute atomic E-state index is 0.128. The predicted molar refractivity (Wildman–Crippen MR) is 97.2 cm³/mol. The zero-order valence-corrected chi connectivity index (χ0v) is 13.6. The number of rotatable bonds is 2. The third-order valence-corrected chi connectivity index (χ3v) is 4.58. The lowest BCUT2D eigenvalue weighted by Crippen LogP contribution is -2.08. The van der Waals surface area contributed by atoms with Gasteiger partial charge in [-0.2, -0.15) is 0 Å². The van der Waals surface area contributed by atoms with Crippen molar-refractivity contribution in [1.29, 1.82) is 0 Å². The number of aromatic nitrogens is 2. The first-order valence-corrected chi connectivity index (χ1v) is 8.53. The fraction of sp³-hybridized carbons (Fsp3) is 0.0556. The Morgan fingerprint density at radius 1 is 1.04 bits per heavy atom. The van der Waals surface area contributed by atoms with Gasteiger partial charge in [-0.15, -0.1) is 11.8 Å². The summed E-state index contributed by atoms with van der Waals surface area (Å²) in [4.78, 5) is 22.3. The Kier molecular flexibility index (Phi) is 3.46. The van der Waals surface area contributed by atoms with Crippen LogP contribution in [0.1, 0.15) is 0 Å². The molecule has 0 fully saturated rings. The highest BCUT2D eigenvalue weighted by Crippen LogP contribution is 2.27. The molecule has 0 radical (unpaired) electrons. The molecule has 0 bridgehead atoms. The summed E-state index contributed by atoms with van der Waals surface area (Å²) in [6, 6.07) is 15.2. The molecule has 0 aliphatic heterocycles. The Morgan fingerprint density at radius 3 is 2.54 bits per heavy atom. The maximum atomic E-state index is 12.2. The minimum Gasteiger partial charge on any atom is -0.422 e. The standard InChI is InChI=1S/C18H13N3O2S/c1-24-11-8-6-10(7-9-11)17-20-15-12-4-2-3-5-13(12)23-18(22)14(15)16(19)21-17/h2-9H,1H3,(H2,19,20,21). The summed E-state index contributed by atoms with van der Waals surface area (Å²) in [5, 5.41) is 0.960. The van der Waals surface area contributed by atoms with E-state index in [1.807, 2.05) is 48.7 Å². The summed E-state index contributed by atoms with van der Waals surface area (Å²) >= 11 is 1.66. The number of nitrogens with zero attached hydrogens (tertiary/aromatic N) is 2. The van der Waals surface area contributed by atoms with E-state index in [0.717, 1.165) is 15.8 Å². The van der Waals surface area contributed by atoms with E-state index in [4.69, 9.17) is 10.2 Å². The van der Waals surface area contributed by atoms with Gasteiger partial charge in [0.15, 0.2) is 5.82 Å². The zero-order valence-electron chi connectivity index (χ0n) is 12.8. The molecule has 2 N–H and O–H groups in total. The Labute approximate surface area is 141 Å². The monoisotopic (exact) mass is 335 g/mol. The van der Waals surface area contributed by atoms with Crippen LogP contribution in [0.4, 0.5) is 5.82 Å². The van der Waals surface area contributed by atoms with Gasteiger partial charge in [0.1, 0.15) is 16.8 Å². The predicted octanol–water partition coefficient (Wildman–Crippen LogP) is 3.71. The molecule has 2 aromatic heterocycles. The average molecular weight is 335 g/mol. The number of nitrogens with two attached hydrogens (primary N) is 1. The molecule has 4 rings (SSSR count). The summed E-state index contributed by atoms with van der Waals surface area (Å²) in [5.74, 6) is 0.617. The van der Waals surface area contributed by atoms with E-state index in [1.54, 1.807) is 17.8 Å². The molecule has 0 amide bonds. The van der Waals surface area contributed by atoms with Crippen molar-refractivity contribution in [3.05, 3.63) is 59.0 Å². The number of anilines is 1. The smallest absolute Gasteiger partial charge is 0.349 e. The van der Waals surface area contributed by atoms with Crippen LogP contribution in [0.15, 0.2) is 62.6 Å². The van der Waals surface area contributed by atoms with Gasteiger partial charge in [-0.3, -0.25) is 0 Å². The molecule has 2 heterocycles. The van der Waals surface area contributed by atoms with Gasteiger partial charge >= 0.3 is 5.63 Å². The summed E-state index contributed by atoms with van der Waals surface area (Å²) in [7, 11) is 0. The molecular weight excluding hydrogens is 322 g/mol. The second-order valence-corrected chi connectivity index (χ2v) is 6.15. The van der Waals surface area contributed by atoms with Crippen LogP contribution in [0.25, 0.3) is 33.3 Å². The van der Waals surface area contributed by atoms with Crippen molar-refractivity contribution < 1.29 is 4.42 Å².